The zero-order valence-corrected chi connectivity index (χ0v) is 13.0. The maximum atomic E-state index is 11.7. The van der Waals surface area contributed by atoms with Crippen LogP contribution in [0.1, 0.15) is 10.4 Å². The lowest BCUT2D eigenvalue weighted by Crippen LogP contribution is -1.99. The molecule has 3 aromatic rings. The predicted octanol–water partition coefficient (Wildman–Crippen LogP) is 3.72. The number of carbonyl (C=O) groups is 1. The molecule has 0 spiro atoms. The van der Waals surface area contributed by atoms with Gasteiger partial charge in [0.25, 0.3) is 0 Å². The van der Waals surface area contributed by atoms with Gasteiger partial charge < -0.3 is 19.3 Å². The number of carboxylic acids is 1. The van der Waals surface area contributed by atoms with E-state index in [1.807, 2.05) is 18.2 Å². The van der Waals surface area contributed by atoms with Gasteiger partial charge in [-0.25, -0.2) is 4.79 Å². The minimum absolute atomic E-state index is 0.210. The number of ether oxygens (including phenoxy) is 3. The Labute approximate surface area is 133 Å². The van der Waals surface area contributed by atoms with Crippen LogP contribution in [0.4, 0.5) is 0 Å². The van der Waals surface area contributed by atoms with E-state index < -0.39 is 5.97 Å². The van der Waals surface area contributed by atoms with E-state index in [0.717, 1.165) is 16.2 Å². The fourth-order valence-electron chi connectivity index (χ4n) is 2.77. The first-order chi connectivity index (χ1) is 11.1. The number of aromatic carboxylic acids is 1. The van der Waals surface area contributed by atoms with Crippen LogP contribution >= 0.6 is 0 Å². The number of carboxylic acid groups (broad SMARTS) is 1. The zero-order chi connectivity index (χ0) is 16.6. The van der Waals surface area contributed by atoms with Crippen molar-refractivity contribution >= 4 is 27.5 Å². The minimum Gasteiger partial charge on any atom is -0.497 e. The summed E-state index contributed by atoms with van der Waals surface area (Å²) >= 11 is 0. The number of methoxy groups -OCH3 is 3. The van der Waals surface area contributed by atoms with E-state index >= 15 is 0 Å². The second kappa shape index (κ2) is 5.68. The van der Waals surface area contributed by atoms with Gasteiger partial charge in [0.2, 0.25) is 0 Å². The average Bonchev–Trinajstić information content (AvgIpc) is 2.58. The van der Waals surface area contributed by atoms with Crippen LogP contribution in [0.3, 0.4) is 0 Å². The van der Waals surface area contributed by atoms with Crippen molar-refractivity contribution in [3.8, 4) is 17.2 Å². The lowest BCUT2D eigenvalue weighted by Gasteiger charge is -2.13. The van der Waals surface area contributed by atoms with Crippen molar-refractivity contribution in [2.75, 3.05) is 21.3 Å². The number of fused-ring (bicyclic) bond motifs is 3. The van der Waals surface area contributed by atoms with Gasteiger partial charge in [0.1, 0.15) is 5.75 Å². The third-order valence-electron chi connectivity index (χ3n) is 3.89. The lowest BCUT2D eigenvalue weighted by atomic mass is 9.96. The highest BCUT2D eigenvalue weighted by molar-refractivity contribution is 6.16. The Hall–Kier alpha value is -2.95. The summed E-state index contributed by atoms with van der Waals surface area (Å²) in [5, 5.41) is 12.7. The van der Waals surface area contributed by atoms with E-state index in [0.29, 0.717) is 22.6 Å². The fraction of sp³-hybridized carbons (Fsp3) is 0.167. The van der Waals surface area contributed by atoms with Gasteiger partial charge in [-0.15, -0.1) is 0 Å². The van der Waals surface area contributed by atoms with Crippen molar-refractivity contribution in [3.05, 3.63) is 42.0 Å². The summed E-state index contributed by atoms with van der Waals surface area (Å²) in [4.78, 5) is 11.7. The molecule has 0 aliphatic carbocycles. The van der Waals surface area contributed by atoms with Crippen LogP contribution in [0.2, 0.25) is 0 Å². The number of hydrogen-bond acceptors (Lipinski definition) is 4. The van der Waals surface area contributed by atoms with E-state index in [4.69, 9.17) is 14.2 Å². The van der Waals surface area contributed by atoms with Crippen molar-refractivity contribution in [2.24, 2.45) is 0 Å². The molecule has 5 heteroatoms. The number of rotatable bonds is 4. The smallest absolute Gasteiger partial charge is 0.336 e. The first-order valence-corrected chi connectivity index (χ1v) is 6.98. The molecule has 23 heavy (non-hydrogen) atoms. The fourth-order valence-corrected chi connectivity index (χ4v) is 2.77. The van der Waals surface area contributed by atoms with Crippen LogP contribution in [0.15, 0.2) is 36.4 Å². The second-order valence-corrected chi connectivity index (χ2v) is 5.07. The summed E-state index contributed by atoms with van der Waals surface area (Å²) in [5.41, 5.74) is 0.210. The summed E-state index contributed by atoms with van der Waals surface area (Å²) < 4.78 is 15.9. The Morgan fingerprint density at radius 3 is 2.04 bits per heavy atom. The van der Waals surface area contributed by atoms with E-state index in [1.54, 1.807) is 32.4 Å². The molecule has 0 amide bonds. The van der Waals surface area contributed by atoms with Crippen LogP contribution in [0.25, 0.3) is 21.5 Å². The van der Waals surface area contributed by atoms with E-state index in [1.165, 1.54) is 7.11 Å². The Morgan fingerprint density at radius 2 is 1.48 bits per heavy atom. The first kappa shape index (κ1) is 15.0. The normalized spacial score (nSPS) is 10.7. The second-order valence-electron chi connectivity index (χ2n) is 5.07. The quantitative estimate of drug-likeness (QED) is 0.744. The molecule has 0 unspecified atom stereocenters. The molecule has 0 aromatic heterocycles. The highest BCUT2D eigenvalue weighted by Crippen LogP contribution is 2.38. The van der Waals surface area contributed by atoms with Gasteiger partial charge in [-0.3, -0.25) is 0 Å². The van der Waals surface area contributed by atoms with Gasteiger partial charge in [-0.1, -0.05) is 6.07 Å². The first-order valence-electron chi connectivity index (χ1n) is 6.98. The summed E-state index contributed by atoms with van der Waals surface area (Å²) in [6.07, 6.45) is 0. The van der Waals surface area contributed by atoms with Crippen molar-refractivity contribution < 1.29 is 24.1 Å². The van der Waals surface area contributed by atoms with Gasteiger partial charge in [-0.2, -0.15) is 0 Å². The van der Waals surface area contributed by atoms with Gasteiger partial charge in [0, 0.05) is 5.39 Å². The Morgan fingerprint density at radius 1 is 0.826 bits per heavy atom. The maximum Gasteiger partial charge on any atom is 0.336 e. The molecule has 0 bridgehead atoms. The Kier molecular flexibility index (Phi) is 3.70. The molecular formula is C18H16O5. The van der Waals surface area contributed by atoms with E-state index in [2.05, 4.69) is 0 Å². The molecular weight excluding hydrogens is 296 g/mol. The van der Waals surface area contributed by atoms with Gasteiger partial charge in [-0.05, 0) is 46.5 Å². The summed E-state index contributed by atoms with van der Waals surface area (Å²) in [6, 6.07) is 10.7. The molecule has 0 saturated carbocycles. The van der Waals surface area contributed by atoms with Crippen LogP contribution in [-0.2, 0) is 0 Å². The Balaban J connectivity index is 2.48. The van der Waals surface area contributed by atoms with Crippen molar-refractivity contribution in [3.63, 3.8) is 0 Å². The van der Waals surface area contributed by atoms with Crippen LogP contribution in [-0.4, -0.2) is 32.4 Å². The van der Waals surface area contributed by atoms with Crippen molar-refractivity contribution in [2.45, 2.75) is 0 Å². The average molecular weight is 312 g/mol. The molecule has 1 N–H and O–H groups in total. The summed E-state index contributed by atoms with van der Waals surface area (Å²) in [6.45, 7) is 0. The van der Waals surface area contributed by atoms with Crippen LogP contribution in [0.5, 0.6) is 17.2 Å². The summed E-state index contributed by atoms with van der Waals surface area (Å²) in [5.74, 6) is 0.732. The Bertz CT molecular complexity index is 914. The van der Waals surface area contributed by atoms with Gasteiger partial charge in [0.15, 0.2) is 11.5 Å². The van der Waals surface area contributed by atoms with E-state index in [9.17, 15) is 9.90 Å². The number of hydrogen-bond donors (Lipinski definition) is 1. The lowest BCUT2D eigenvalue weighted by molar-refractivity contribution is 0.0699. The molecule has 3 rings (SSSR count). The monoisotopic (exact) mass is 312 g/mol. The molecule has 0 radical (unpaired) electrons. The van der Waals surface area contributed by atoms with Gasteiger partial charge >= 0.3 is 5.97 Å². The molecule has 0 atom stereocenters. The zero-order valence-electron chi connectivity index (χ0n) is 13.0. The van der Waals surface area contributed by atoms with Crippen LogP contribution in [0, 0.1) is 0 Å². The molecule has 0 fully saturated rings. The minimum atomic E-state index is -0.994. The highest BCUT2D eigenvalue weighted by atomic mass is 16.5. The maximum absolute atomic E-state index is 11.7. The standard InChI is InChI=1S/C18H16O5/c1-21-11-4-5-12-10(6-11)7-15(18(19)20)14-9-17(23-3)16(22-2)8-13(12)14/h4-9H,1-3H3,(H,19,20). The molecule has 0 heterocycles. The third-order valence-corrected chi connectivity index (χ3v) is 3.89. The van der Waals surface area contributed by atoms with Gasteiger partial charge in [0.05, 0.1) is 26.9 Å². The SMILES string of the molecule is COc1ccc2c(c1)cc(C(=O)O)c1cc(OC)c(OC)cc12. The molecule has 0 aliphatic rings. The molecule has 5 nitrogen and oxygen atoms in total. The molecule has 3 aromatic carbocycles. The topological polar surface area (TPSA) is 65.0 Å². The third kappa shape index (κ3) is 2.40. The van der Waals surface area contributed by atoms with Crippen LogP contribution < -0.4 is 14.2 Å². The molecule has 0 aliphatic heterocycles. The molecule has 118 valence electrons. The highest BCUT2D eigenvalue weighted by Gasteiger charge is 2.16. The predicted molar refractivity (Wildman–Crippen MR) is 88.1 cm³/mol. The van der Waals surface area contributed by atoms with Crippen molar-refractivity contribution in [1.29, 1.82) is 0 Å². The van der Waals surface area contributed by atoms with Crippen molar-refractivity contribution in [1.82, 2.24) is 0 Å². The number of benzene rings is 3. The van der Waals surface area contributed by atoms with E-state index in [-0.39, 0.29) is 5.56 Å². The summed E-state index contributed by atoms with van der Waals surface area (Å²) in [7, 11) is 4.65. The largest absolute Gasteiger partial charge is 0.497 e. The molecule has 0 saturated heterocycles.